The van der Waals surface area contributed by atoms with E-state index in [-0.39, 0.29) is 24.4 Å². The molecule has 15 heavy (non-hydrogen) atoms. The Balaban J connectivity index is 0.00000112. The van der Waals surface area contributed by atoms with Gasteiger partial charge in [-0.25, -0.2) is 0 Å². The topological polar surface area (TPSA) is 41.1 Å². The van der Waals surface area contributed by atoms with E-state index in [4.69, 9.17) is 0 Å². The molecule has 2 rings (SSSR count). The van der Waals surface area contributed by atoms with Crippen LogP contribution in [0.25, 0.3) is 0 Å². The standard InChI is InChI=1S/C10H18N2OS.ClH/c1-10(3-2-4-10)6-11-9(13)8-5-14-7-12-8;/h8,12H,2-7H2,1H3,(H,11,13);1H. The van der Waals surface area contributed by atoms with Gasteiger partial charge in [-0.1, -0.05) is 13.3 Å². The highest BCUT2D eigenvalue weighted by atomic mass is 35.5. The van der Waals surface area contributed by atoms with Gasteiger partial charge in [-0.3, -0.25) is 10.1 Å². The second-order valence-corrected chi connectivity index (χ2v) is 5.68. The van der Waals surface area contributed by atoms with E-state index >= 15 is 0 Å². The van der Waals surface area contributed by atoms with Gasteiger partial charge >= 0.3 is 0 Å². The van der Waals surface area contributed by atoms with Crippen LogP contribution in [0.5, 0.6) is 0 Å². The Kier molecular flexibility index (Phi) is 4.74. The molecule has 1 aliphatic carbocycles. The Morgan fingerprint density at radius 1 is 1.60 bits per heavy atom. The van der Waals surface area contributed by atoms with Crippen LogP contribution in [0, 0.1) is 5.41 Å². The molecule has 0 aromatic carbocycles. The maximum atomic E-state index is 11.6. The Morgan fingerprint density at radius 3 is 2.80 bits per heavy atom. The smallest absolute Gasteiger partial charge is 0.238 e. The average molecular weight is 251 g/mol. The molecule has 3 nitrogen and oxygen atoms in total. The fraction of sp³-hybridized carbons (Fsp3) is 0.900. The number of carbonyl (C=O) groups is 1. The zero-order valence-corrected chi connectivity index (χ0v) is 10.7. The molecule has 2 aliphatic rings. The van der Waals surface area contributed by atoms with E-state index in [0.717, 1.165) is 18.2 Å². The number of halogens is 1. The number of carbonyl (C=O) groups excluding carboxylic acids is 1. The molecule has 1 saturated carbocycles. The molecule has 0 aromatic rings. The highest BCUT2D eigenvalue weighted by Crippen LogP contribution is 2.39. The highest BCUT2D eigenvalue weighted by molar-refractivity contribution is 7.99. The first kappa shape index (κ1) is 13.1. The lowest BCUT2D eigenvalue weighted by atomic mass is 9.70. The fourth-order valence-corrected chi connectivity index (χ4v) is 2.89. The fourth-order valence-electron chi connectivity index (χ4n) is 1.94. The van der Waals surface area contributed by atoms with Crippen LogP contribution in [-0.4, -0.2) is 30.1 Å². The Hall–Kier alpha value is 0.0700. The molecule has 5 heteroatoms. The highest BCUT2D eigenvalue weighted by Gasteiger charge is 2.33. The van der Waals surface area contributed by atoms with Crippen molar-refractivity contribution in [3.8, 4) is 0 Å². The van der Waals surface area contributed by atoms with Gasteiger partial charge in [0, 0.05) is 18.2 Å². The lowest BCUT2D eigenvalue weighted by molar-refractivity contribution is -0.123. The number of rotatable bonds is 3. The summed E-state index contributed by atoms with van der Waals surface area (Å²) in [7, 11) is 0. The van der Waals surface area contributed by atoms with Gasteiger partial charge < -0.3 is 5.32 Å². The van der Waals surface area contributed by atoms with Crippen molar-refractivity contribution in [1.29, 1.82) is 0 Å². The summed E-state index contributed by atoms with van der Waals surface area (Å²) in [6, 6.07) is 0.0451. The van der Waals surface area contributed by atoms with Gasteiger partial charge in [0.15, 0.2) is 0 Å². The molecule has 1 heterocycles. The van der Waals surface area contributed by atoms with Crippen molar-refractivity contribution in [2.45, 2.75) is 32.2 Å². The summed E-state index contributed by atoms with van der Waals surface area (Å²) in [5.74, 6) is 2.01. The average Bonchev–Trinajstić information content (AvgIpc) is 2.63. The van der Waals surface area contributed by atoms with E-state index in [1.165, 1.54) is 19.3 Å². The summed E-state index contributed by atoms with van der Waals surface area (Å²) in [5, 5.41) is 6.23. The van der Waals surface area contributed by atoms with Crippen molar-refractivity contribution in [1.82, 2.24) is 10.6 Å². The summed E-state index contributed by atoms with van der Waals surface area (Å²) < 4.78 is 0. The van der Waals surface area contributed by atoms with Crippen LogP contribution in [0.4, 0.5) is 0 Å². The van der Waals surface area contributed by atoms with Crippen molar-refractivity contribution in [2.75, 3.05) is 18.2 Å². The van der Waals surface area contributed by atoms with Crippen molar-refractivity contribution < 1.29 is 4.79 Å². The van der Waals surface area contributed by atoms with Gasteiger partial charge in [0.25, 0.3) is 0 Å². The summed E-state index contributed by atoms with van der Waals surface area (Å²) in [6.45, 7) is 3.11. The van der Waals surface area contributed by atoms with E-state index in [1.807, 2.05) is 0 Å². The van der Waals surface area contributed by atoms with Crippen LogP contribution in [0.3, 0.4) is 0 Å². The molecule has 0 radical (unpaired) electrons. The summed E-state index contributed by atoms with van der Waals surface area (Å²) in [4.78, 5) is 11.6. The van der Waals surface area contributed by atoms with Crippen LogP contribution in [0.1, 0.15) is 26.2 Å². The third-order valence-electron chi connectivity index (χ3n) is 3.28. The van der Waals surface area contributed by atoms with Crippen LogP contribution in [0.2, 0.25) is 0 Å². The first-order valence-corrected chi connectivity index (χ1v) is 6.44. The van der Waals surface area contributed by atoms with E-state index in [2.05, 4.69) is 17.6 Å². The lowest BCUT2D eigenvalue weighted by Gasteiger charge is -2.38. The van der Waals surface area contributed by atoms with Crippen molar-refractivity contribution in [2.24, 2.45) is 5.41 Å². The van der Waals surface area contributed by atoms with Gasteiger partial charge in [0.1, 0.15) is 0 Å². The largest absolute Gasteiger partial charge is 0.354 e. The molecule has 0 aromatic heterocycles. The third-order valence-corrected chi connectivity index (χ3v) is 4.22. The molecular formula is C10H19ClN2OS. The summed E-state index contributed by atoms with van der Waals surface area (Å²) in [6.07, 6.45) is 3.85. The van der Waals surface area contributed by atoms with E-state index < -0.39 is 0 Å². The number of hydrogen-bond acceptors (Lipinski definition) is 3. The Labute approximate surface area is 102 Å². The minimum absolute atomic E-state index is 0. The number of thioether (sulfide) groups is 1. The number of amides is 1. The lowest BCUT2D eigenvalue weighted by Crippen LogP contribution is -2.47. The van der Waals surface area contributed by atoms with Crippen molar-refractivity contribution in [3.63, 3.8) is 0 Å². The van der Waals surface area contributed by atoms with E-state index in [1.54, 1.807) is 11.8 Å². The predicted octanol–water partition coefficient (Wildman–Crippen LogP) is 1.38. The minimum atomic E-state index is 0. The Morgan fingerprint density at radius 2 is 2.33 bits per heavy atom. The molecule has 1 aliphatic heterocycles. The van der Waals surface area contributed by atoms with Gasteiger partial charge in [0.05, 0.1) is 6.04 Å². The quantitative estimate of drug-likeness (QED) is 0.795. The van der Waals surface area contributed by atoms with Gasteiger partial charge in [-0.2, -0.15) is 0 Å². The minimum Gasteiger partial charge on any atom is -0.354 e. The molecule has 0 spiro atoms. The van der Waals surface area contributed by atoms with Gasteiger partial charge in [0.2, 0.25) is 5.91 Å². The zero-order valence-electron chi connectivity index (χ0n) is 9.04. The zero-order chi connectivity index (χ0) is 10.0. The molecule has 1 unspecified atom stereocenters. The second-order valence-electron chi connectivity index (χ2n) is 4.65. The first-order chi connectivity index (χ1) is 6.70. The molecule has 88 valence electrons. The number of nitrogens with one attached hydrogen (secondary N) is 2. The van der Waals surface area contributed by atoms with Crippen LogP contribution >= 0.6 is 24.2 Å². The maximum Gasteiger partial charge on any atom is 0.238 e. The van der Waals surface area contributed by atoms with E-state index in [0.29, 0.717) is 5.41 Å². The monoisotopic (exact) mass is 250 g/mol. The third kappa shape index (κ3) is 3.26. The SMILES string of the molecule is CC1(CNC(=O)C2CSCN2)CCC1.Cl. The molecule has 1 atom stereocenters. The summed E-state index contributed by atoms with van der Waals surface area (Å²) >= 11 is 1.79. The molecule has 1 amide bonds. The summed E-state index contributed by atoms with van der Waals surface area (Å²) in [5.41, 5.74) is 0.390. The van der Waals surface area contributed by atoms with Crippen LogP contribution in [-0.2, 0) is 4.79 Å². The Bertz CT molecular complexity index is 227. The predicted molar refractivity (Wildman–Crippen MR) is 66.5 cm³/mol. The van der Waals surface area contributed by atoms with Crippen molar-refractivity contribution in [3.05, 3.63) is 0 Å². The van der Waals surface area contributed by atoms with Crippen LogP contribution < -0.4 is 10.6 Å². The van der Waals surface area contributed by atoms with E-state index in [9.17, 15) is 4.79 Å². The molecule has 0 bridgehead atoms. The van der Waals surface area contributed by atoms with Crippen LogP contribution in [0.15, 0.2) is 0 Å². The molecular weight excluding hydrogens is 232 g/mol. The van der Waals surface area contributed by atoms with Gasteiger partial charge in [-0.05, 0) is 18.3 Å². The second kappa shape index (κ2) is 5.41. The molecule has 1 saturated heterocycles. The maximum absolute atomic E-state index is 11.6. The van der Waals surface area contributed by atoms with Gasteiger partial charge in [-0.15, -0.1) is 24.2 Å². The first-order valence-electron chi connectivity index (χ1n) is 5.28. The van der Waals surface area contributed by atoms with Crippen molar-refractivity contribution >= 4 is 30.1 Å². The molecule has 2 N–H and O–H groups in total. The molecule has 2 fully saturated rings. The number of hydrogen-bond donors (Lipinski definition) is 2. The normalized spacial score (nSPS) is 27.7.